The van der Waals surface area contributed by atoms with E-state index in [1.165, 1.54) is 0 Å². The first-order valence-electron chi connectivity index (χ1n) is 16.4. The lowest BCUT2D eigenvalue weighted by atomic mass is 9.64. The van der Waals surface area contributed by atoms with Gasteiger partial charge in [0, 0.05) is 37.6 Å². The Hall–Kier alpha value is -4.27. The Labute approximate surface area is 270 Å². The maximum Gasteiger partial charge on any atom is 0.253 e. The molecule has 3 heterocycles. The van der Waals surface area contributed by atoms with Crippen LogP contribution >= 0.6 is 0 Å². The van der Waals surface area contributed by atoms with Crippen LogP contribution in [0.25, 0.3) is 10.8 Å². The largest absolute Gasteiger partial charge is 0.396 e. The maximum absolute atomic E-state index is 15.0. The smallest absolute Gasteiger partial charge is 0.253 e. The van der Waals surface area contributed by atoms with Crippen LogP contribution in [0.5, 0.6) is 0 Å². The molecule has 0 saturated carbocycles. The van der Waals surface area contributed by atoms with Gasteiger partial charge in [0.25, 0.3) is 5.91 Å². The van der Waals surface area contributed by atoms with Crippen molar-refractivity contribution >= 4 is 39.9 Å². The van der Waals surface area contributed by atoms with Crippen LogP contribution in [0.4, 0.5) is 11.4 Å². The highest BCUT2D eigenvalue weighted by atomic mass is 16.5. The van der Waals surface area contributed by atoms with Crippen LogP contribution in [0.3, 0.4) is 0 Å². The molecule has 3 aromatic carbocycles. The summed E-state index contributed by atoms with van der Waals surface area (Å²) in [4.78, 5) is 49.3. The van der Waals surface area contributed by atoms with Crippen LogP contribution in [0.15, 0.2) is 98.1 Å². The van der Waals surface area contributed by atoms with Crippen molar-refractivity contribution in [2.45, 2.75) is 56.3 Å². The van der Waals surface area contributed by atoms with Crippen molar-refractivity contribution in [2.24, 2.45) is 11.8 Å². The van der Waals surface area contributed by atoms with Crippen LogP contribution in [-0.2, 0) is 19.1 Å². The second kappa shape index (κ2) is 12.9. The van der Waals surface area contributed by atoms with E-state index in [0.29, 0.717) is 37.8 Å². The maximum atomic E-state index is 15.0. The Bertz CT molecular complexity index is 1640. The van der Waals surface area contributed by atoms with Crippen molar-refractivity contribution in [1.82, 2.24) is 4.90 Å². The van der Waals surface area contributed by atoms with E-state index in [2.05, 4.69) is 13.2 Å². The van der Waals surface area contributed by atoms with Crippen molar-refractivity contribution in [3.05, 3.63) is 98.1 Å². The number of carbonyl (C=O) groups is 3. The summed E-state index contributed by atoms with van der Waals surface area (Å²) in [5, 5.41) is 11.6. The third-order valence-corrected chi connectivity index (χ3v) is 10.3. The second-order valence-electron chi connectivity index (χ2n) is 12.6. The van der Waals surface area contributed by atoms with Gasteiger partial charge in [0.2, 0.25) is 11.8 Å². The Morgan fingerprint density at radius 3 is 2.26 bits per heavy atom. The molecule has 1 spiro atoms. The first kappa shape index (κ1) is 31.7. The Morgan fingerprint density at radius 1 is 0.913 bits per heavy atom. The molecule has 8 heteroatoms. The summed E-state index contributed by atoms with van der Waals surface area (Å²) < 4.78 is 7.04. The van der Waals surface area contributed by atoms with Crippen molar-refractivity contribution in [1.29, 1.82) is 0 Å². The van der Waals surface area contributed by atoms with E-state index in [1.807, 2.05) is 79.7 Å². The number of aliphatic hydroxyl groups is 1. The van der Waals surface area contributed by atoms with Crippen LogP contribution in [0, 0.1) is 11.8 Å². The molecule has 3 amide bonds. The Morgan fingerprint density at radius 2 is 1.59 bits per heavy atom. The molecule has 2 bridgehead atoms. The molecule has 3 fully saturated rings. The van der Waals surface area contributed by atoms with Crippen molar-refractivity contribution in [2.75, 3.05) is 36.0 Å². The molecule has 1 N–H and O–H groups in total. The number of anilines is 2. The third kappa shape index (κ3) is 5.04. The van der Waals surface area contributed by atoms with Gasteiger partial charge in [-0.1, -0.05) is 67.6 Å². The molecule has 46 heavy (non-hydrogen) atoms. The van der Waals surface area contributed by atoms with Crippen LogP contribution in [0.2, 0.25) is 0 Å². The van der Waals surface area contributed by atoms with Gasteiger partial charge in [-0.25, -0.2) is 0 Å². The highest BCUT2D eigenvalue weighted by molar-refractivity contribution is 6.07. The fourth-order valence-corrected chi connectivity index (χ4v) is 8.18. The number of rotatable bonds is 13. The lowest BCUT2D eigenvalue weighted by Gasteiger charge is -2.37. The lowest BCUT2D eigenvalue weighted by Crippen LogP contribution is -2.56. The molecule has 2 unspecified atom stereocenters. The zero-order valence-electron chi connectivity index (χ0n) is 26.5. The molecule has 3 aromatic rings. The van der Waals surface area contributed by atoms with E-state index in [1.54, 1.807) is 26.9 Å². The standard InChI is InChI=1S/C38H43N3O5/c1-4-22-39(29-16-8-7-9-17-29)34(43)31-32-35(44)41(24-12-13-25-42)33(38(32)21-20-37(31,6-3)46-38)36(45)40(23-5-2)30-19-18-27-14-10-11-15-28(27)26-30/h4-5,7-11,14-19,26,31-33,42H,1-2,6,12-13,20-25H2,3H3/t31-,32-,33?,37+,38?/m0/s1. The molecule has 6 rings (SSSR count). The zero-order valence-corrected chi connectivity index (χ0v) is 26.5. The van der Waals surface area contributed by atoms with Gasteiger partial charge in [-0.3, -0.25) is 14.4 Å². The first-order chi connectivity index (χ1) is 22.4. The summed E-state index contributed by atoms with van der Waals surface area (Å²) in [6.45, 7) is 10.6. The predicted octanol–water partition coefficient (Wildman–Crippen LogP) is 5.51. The molecular formula is C38H43N3O5. The van der Waals surface area contributed by atoms with Gasteiger partial charge in [0.15, 0.2) is 0 Å². The lowest BCUT2D eigenvalue weighted by molar-refractivity contribution is -0.146. The van der Waals surface area contributed by atoms with E-state index in [0.717, 1.165) is 16.5 Å². The summed E-state index contributed by atoms with van der Waals surface area (Å²) in [6.07, 6.45) is 6.01. The molecule has 5 atom stereocenters. The van der Waals surface area contributed by atoms with E-state index < -0.39 is 29.1 Å². The van der Waals surface area contributed by atoms with Crippen LogP contribution in [-0.4, -0.2) is 71.2 Å². The summed E-state index contributed by atoms with van der Waals surface area (Å²) in [5.74, 6) is -2.23. The van der Waals surface area contributed by atoms with Gasteiger partial charge in [-0.2, -0.15) is 0 Å². The van der Waals surface area contributed by atoms with Gasteiger partial charge in [-0.05, 0) is 67.1 Å². The van der Waals surface area contributed by atoms with E-state index in [4.69, 9.17) is 4.74 Å². The minimum Gasteiger partial charge on any atom is -0.396 e. The van der Waals surface area contributed by atoms with Gasteiger partial charge in [0.05, 0.1) is 17.4 Å². The van der Waals surface area contributed by atoms with Crippen molar-refractivity contribution < 1.29 is 24.2 Å². The summed E-state index contributed by atoms with van der Waals surface area (Å²) >= 11 is 0. The number of aliphatic hydroxyl groups excluding tert-OH is 1. The minimum atomic E-state index is -1.16. The number of benzene rings is 3. The summed E-state index contributed by atoms with van der Waals surface area (Å²) in [5.41, 5.74) is -0.594. The number of nitrogens with zero attached hydrogens (tertiary/aromatic N) is 3. The molecule has 3 aliphatic rings. The Balaban J connectivity index is 1.44. The van der Waals surface area contributed by atoms with E-state index in [9.17, 15) is 19.5 Å². The fraction of sp³-hybridized carbons (Fsp3) is 0.395. The summed E-state index contributed by atoms with van der Waals surface area (Å²) in [7, 11) is 0. The van der Waals surface area contributed by atoms with Gasteiger partial charge in [-0.15, -0.1) is 13.2 Å². The first-order valence-corrected chi connectivity index (χ1v) is 16.4. The molecule has 0 aliphatic carbocycles. The number of unbranched alkanes of at least 4 members (excludes halogenated alkanes) is 1. The average Bonchev–Trinajstić information content (AvgIpc) is 3.69. The monoisotopic (exact) mass is 621 g/mol. The third-order valence-electron chi connectivity index (χ3n) is 10.3. The SMILES string of the molecule is C=CCN(C(=O)C1N(CCCCO)C(=O)[C@@H]2[C@@H](C(=O)N(CC=C)c3ccccc3)[C@@]3(CC)CCC12O3)c1ccc2ccccc2c1. The van der Waals surface area contributed by atoms with Crippen LogP contribution in [0.1, 0.15) is 39.0 Å². The molecule has 3 aliphatic heterocycles. The van der Waals surface area contributed by atoms with Crippen molar-refractivity contribution in [3.63, 3.8) is 0 Å². The Kier molecular flexibility index (Phi) is 8.86. The quantitative estimate of drug-likeness (QED) is 0.201. The molecule has 8 nitrogen and oxygen atoms in total. The van der Waals surface area contributed by atoms with Gasteiger partial charge < -0.3 is 24.5 Å². The van der Waals surface area contributed by atoms with Gasteiger partial charge in [0.1, 0.15) is 11.6 Å². The number of ether oxygens (including phenoxy) is 1. The molecule has 3 saturated heterocycles. The van der Waals surface area contributed by atoms with E-state index in [-0.39, 0.29) is 44.0 Å². The normalized spacial score (nSPS) is 26.3. The fourth-order valence-electron chi connectivity index (χ4n) is 8.18. The minimum absolute atomic E-state index is 0.0148. The average molecular weight is 622 g/mol. The number of fused-ring (bicyclic) bond motifs is 2. The molecule has 0 radical (unpaired) electrons. The van der Waals surface area contributed by atoms with Crippen molar-refractivity contribution in [3.8, 4) is 0 Å². The summed E-state index contributed by atoms with van der Waals surface area (Å²) in [6, 6.07) is 22.4. The molecule has 240 valence electrons. The number of carbonyl (C=O) groups excluding carboxylic acids is 3. The highest BCUT2D eigenvalue weighted by Gasteiger charge is 2.79. The predicted molar refractivity (Wildman–Crippen MR) is 180 cm³/mol. The number of para-hydroxylation sites is 1. The number of amides is 3. The number of hydrogen-bond donors (Lipinski definition) is 1. The van der Waals surface area contributed by atoms with Crippen LogP contribution < -0.4 is 9.80 Å². The van der Waals surface area contributed by atoms with Gasteiger partial charge >= 0.3 is 0 Å². The number of hydrogen-bond acceptors (Lipinski definition) is 5. The molecular weight excluding hydrogens is 578 g/mol. The topological polar surface area (TPSA) is 90.4 Å². The highest BCUT2D eigenvalue weighted by Crippen LogP contribution is 2.64. The molecule has 0 aromatic heterocycles. The van der Waals surface area contributed by atoms with E-state index >= 15 is 0 Å². The number of likely N-dealkylation sites (tertiary alicyclic amines) is 1. The second-order valence-corrected chi connectivity index (χ2v) is 12.6. The zero-order chi connectivity index (χ0) is 32.5.